The second kappa shape index (κ2) is 6.96. The van der Waals surface area contributed by atoms with Crippen LogP contribution in [0.1, 0.15) is 5.56 Å². The summed E-state index contributed by atoms with van der Waals surface area (Å²) in [5.74, 6) is 0.366. The topological polar surface area (TPSA) is 55.4 Å². The van der Waals surface area contributed by atoms with Crippen molar-refractivity contribution in [3.8, 4) is 5.75 Å². The van der Waals surface area contributed by atoms with Crippen LogP contribution in [-0.4, -0.2) is 21.7 Å². The van der Waals surface area contributed by atoms with Crippen LogP contribution in [0, 0.1) is 0 Å². The third kappa shape index (κ3) is 4.76. The number of allylic oxidation sites excluding steroid dienone is 1. The number of sulfonamides is 1. The number of benzene rings is 2. The van der Waals surface area contributed by atoms with Crippen LogP contribution < -0.4 is 9.46 Å². The van der Waals surface area contributed by atoms with E-state index in [2.05, 4.69) is 4.72 Å². The maximum Gasteiger partial charge on any atom is 0.417 e. The number of hydrogen-bond acceptors (Lipinski definition) is 3. The van der Waals surface area contributed by atoms with Crippen LogP contribution in [0.15, 0.2) is 60.0 Å². The van der Waals surface area contributed by atoms with E-state index in [4.69, 9.17) is 4.74 Å². The van der Waals surface area contributed by atoms with Gasteiger partial charge in [-0.15, -0.1) is 0 Å². The Balaban J connectivity index is 2.41. The molecule has 0 radical (unpaired) electrons. The van der Waals surface area contributed by atoms with Crippen LogP contribution in [-0.2, 0) is 10.0 Å². The van der Waals surface area contributed by atoms with Crippen molar-refractivity contribution < 1.29 is 26.3 Å². The molecule has 2 aromatic carbocycles. The van der Waals surface area contributed by atoms with Gasteiger partial charge in [0.2, 0.25) is 0 Å². The maximum atomic E-state index is 13.3. The Labute approximate surface area is 137 Å². The van der Waals surface area contributed by atoms with Gasteiger partial charge >= 0.3 is 6.18 Å². The SMILES string of the molecule is COc1ccc(/C(=C\S(=O)(=O)Nc2ccccc2)C(F)(F)F)cc1. The number of alkyl halides is 3. The zero-order valence-corrected chi connectivity index (χ0v) is 13.4. The van der Waals surface area contributed by atoms with Gasteiger partial charge < -0.3 is 4.74 Å². The number of rotatable bonds is 5. The molecular formula is C16H14F3NO3S. The van der Waals surface area contributed by atoms with Gasteiger partial charge in [0.15, 0.2) is 0 Å². The first-order valence-corrected chi connectivity index (χ1v) is 8.27. The summed E-state index contributed by atoms with van der Waals surface area (Å²) in [6, 6.07) is 12.6. The summed E-state index contributed by atoms with van der Waals surface area (Å²) in [5, 5.41) is 0.182. The molecule has 0 aliphatic heterocycles. The molecule has 0 fully saturated rings. The van der Waals surface area contributed by atoms with Crippen molar-refractivity contribution in [2.45, 2.75) is 6.18 Å². The zero-order chi connectivity index (χ0) is 17.8. The number of anilines is 1. The molecular weight excluding hydrogens is 343 g/mol. The lowest BCUT2D eigenvalue weighted by atomic mass is 10.1. The zero-order valence-electron chi connectivity index (χ0n) is 12.5. The van der Waals surface area contributed by atoms with Crippen LogP contribution in [0.5, 0.6) is 5.75 Å². The van der Waals surface area contributed by atoms with E-state index in [1.807, 2.05) is 0 Å². The molecule has 2 aromatic rings. The van der Waals surface area contributed by atoms with Gasteiger partial charge in [0.05, 0.1) is 18.1 Å². The van der Waals surface area contributed by atoms with Gasteiger partial charge in [-0.05, 0) is 29.8 Å². The van der Waals surface area contributed by atoms with Crippen molar-refractivity contribution in [1.82, 2.24) is 0 Å². The lowest BCUT2D eigenvalue weighted by Gasteiger charge is -2.13. The molecule has 1 N–H and O–H groups in total. The summed E-state index contributed by atoms with van der Waals surface area (Å²) in [6.07, 6.45) is -4.83. The fraction of sp³-hybridized carbons (Fsp3) is 0.125. The average Bonchev–Trinajstić information content (AvgIpc) is 2.52. The van der Waals surface area contributed by atoms with Crippen LogP contribution in [0.4, 0.5) is 18.9 Å². The lowest BCUT2D eigenvalue weighted by molar-refractivity contribution is -0.0688. The van der Waals surface area contributed by atoms with Crippen molar-refractivity contribution in [1.29, 1.82) is 0 Å². The summed E-state index contributed by atoms with van der Waals surface area (Å²) in [4.78, 5) is 0. The highest BCUT2D eigenvalue weighted by molar-refractivity contribution is 7.95. The Kier molecular flexibility index (Phi) is 5.18. The molecule has 0 spiro atoms. The normalized spacial score (nSPS) is 12.8. The van der Waals surface area contributed by atoms with Gasteiger partial charge in [-0.3, -0.25) is 4.72 Å². The molecule has 4 nitrogen and oxygen atoms in total. The highest BCUT2D eigenvalue weighted by Gasteiger charge is 2.36. The van der Waals surface area contributed by atoms with E-state index >= 15 is 0 Å². The molecule has 0 unspecified atom stereocenters. The average molecular weight is 357 g/mol. The molecule has 0 amide bonds. The number of hydrogen-bond donors (Lipinski definition) is 1. The first-order chi connectivity index (χ1) is 11.2. The van der Waals surface area contributed by atoms with E-state index in [0.717, 1.165) is 12.1 Å². The Morgan fingerprint density at radius 2 is 1.62 bits per heavy atom. The first kappa shape index (κ1) is 17.9. The smallest absolute Gasteiger partial charge is 0.417 e. The number of halogens is 3. The molecule has 2 rings (SSSR count). The molecule has 24 heavy (non-hydrogen) atoms. The van der Waals surface area contributed by atoms with Crippen molar-refractivity contribution in [3.63, 3.8) is 0 Å². The van der Waals surface area contributed by atoms with Crippen molar-refractivity contribution in [2.75, 3.05) is 11.8 Å². The quantitative estimate of drug-likeness (QED) is 0.879. The van der Waals surface area contributed by atoms with E-state index in [0.29, 0.717) is 5.75 Å². The Hall–Kier alpha value is -2.48. The molecule has 0 aliphatic carbocycles. The Morgan fingerprint density at radius 1 is 1.04 bits per heavy atom. The van der Waals surface area contributed by atoms with Crippen LogP contribution >= 0.6 is 0 Å². The minimum Gasteiger partial charge on any atom is -0.497 e. The summed E-state index contributed by atoms with van der Waals surface area (Å²) < 4.78 is 70.8. The highest BCUT2D eigenvalue weighted by atomic mass is 32.2. The predicted octanol–water partition coefficient (Wildman–Crippen LogP) is 4.04. The van der Waals surface area contributed by atoms with Crippen molar-refractivity contribution >= 4 is 21.3 Å². The van der Waals surface area contributed by atoms with Gasteiger partial charge in [-0.2, -0.15) is 13.2 Å². The summed E-state index contributed by atoms with van der Waals surface area (Å²) >= 11 is 0. The summed E-state index contributed by atoms with van der Waals surface area (Å²) in [7, 11) is -2.97. The van der Waals surface area contributed by atoms with Crippen LogP contribution in [0.25, 0.3) is 5.57 Å². The highest BCUT2D eigenvalue weighted by Crippen LogP contribution is 2.35. The molecule has 0 heterocycles. The molecule has 128 valence electrons. The lowest BCUT2D eigenvalue weighted by Crippen LogP contribution is -2.16. The maximum absolute atomic E-state index is 13.3. The standard InChI is InChI=1S/C16H14F3NO3S/c1-23-14-9-7-12(8-10-14)15(16(17,18)19)11-24(21,22)20-13-5-3-2-4-6-13/h2-11,20H,1H3/b15-11+. The number of methoxy groups -OCH3 is 1. The second-order valence-corrected chi connectivity index (χ2v) is 6.30. The molecule has 0 saturated carbocycles. The van der Waals surface area contributed by atoms with Crippen LogP contribution in [0.3, 0.4) is 0 Å². The molecule has 0 atom stereocenters. The number of para-hydroxylation sites is 1. The first-order valence-electron chi connectivity index (χ1n) is 6.72. The molecule has 0 aromatic heterocycles. The fourth-order valence-corrected chi connectivity index (χ4v) is 3.03. The molecule has 0 bridgehead atoms. The largest absolute Gasteiger partial charge is 0.497 e. The fourth-order valence-electron chi connectivity index (χ4n) is 1.92. The Morgan fingerprint density at radius 3 is 2.12 bits per heavy atom. The second-order valence-electron chi connectivity index (χ2n) is 4.77. The third-order valence-electron chi connectivity index (χ3n) is 3.01. The van der Waals surface area contributed by atoms with Gasteiger partial charge in [0.25, 0.3) is 10.0 Å². The van der Waals surface area contributed by atoms with Crippen molar-refractivity contribution in [3.05, 3.63) is 65.6 Å². The van der Waals surface area contributed by atoms with Gasteiger partial charge in [-0.1, -0.05) is 30.3 Å². The molecule has 0 saturated heterocycles. The number of nitrogens with one attached hydrogen (secondary N) is 1. The summed E-state index contributed by atoms with van der Waals surface area (Å²) in [5.41, 5.74) is -1.37. The minimum absolute atomic E-state index is 0.171. The third-order valence-corrected chi connectivity index (χ3v) is 4.08. The van der Waals surface area contributed by atoms with Gasteiger partial charge in [-0.25, -0.2) is 8.42 Å². The van der Waals surface area contributed by atoms with E-state index in [1.54, 1.807) is 18.2 Å². The molecule has 8 heteroatoms. The van der Waals surface area contributed by atoms with Gasteiger partial charge in [0.1, 0.15) is 5.75 Å². The van der Waals surface area contributed by atoms with Crippen molar-refractivity contribution in [2.24, 2.45) is 0 Å². The predicted molar refractivity (Wildman–Crippen MR) is 86.0 cm³/mol. The van der Waals surface area contributed by atoms with E-state index in [-0.39, 0.29) is 16.7 Å². The van der Waals surface area contributed by atoms with E-state index in [1.165, 1.54) is 31.4 Å². The summed E-state index contributed by atoms with van der Waals surface area (Å²) in [6.45, 7) is 0. The monoisotopic (exact) mass is 357 g/mol. The van der Waals surface area contributed by atoms with Crippen LogP contribution in [0.2, 0.25) is 0 Å². The number of ether oxygens (including phenoxy) is 1. The molecule has 0 aliphatic rings. The van der Waals surface area contributed by atoms with E-state index < -0.39 is 21.8 Å². The Bertz CT molecular complexity index is 814. The minimum atomic E-state index is -4.83. The van der Waals surface area contributed by atoms with Gasteiger partial charge in [0, 0.05) is 5.69 Å². The van der Waals surface area contributed by atoms with E-state index in [9.17, 15) is 21.6 Å².